The fraction of sp³-hybridized carbons (Fsp3) is 0.435. The highest BCUT2D eigenvalue weighted by atomic mass is 16.5. The van der Waals surface area contributed by atoms with Gasteiger partial charge in [0.15, 0.2) is 11.4 Å². The van der Waals surface area contributed by atoms with Gasteiger partial charge in [-0.3, -0.25) is 9.69 Å². The third-order valence-corrected chi connectivity index (χ3v) is 6.87. The van der Waals surface area contributed by atoms with Crippen molar-refractivity contribution in [2.75, 3.05) is 18.8 Å². The molecule has 3 aromatic rings. The summed E-state index contributed by atoms with van der Waals surface area (Å²) >= 11 is 0. The number of carbonyl (C=O) groups is 1. The van der Waals surface area contributed by atoms with Crippen molar-refractivity contribution >= 4 is 22.6 Å². The van der Waals surface area contributed by atoms with Crippen molar-refractivity contribution in [3.63, 3.8) is 0 Å². The second-order valence-electron chi connectivity index (χ2n) is 8.76. The lowest BCUT2D eigenvalue weighted by atomic mass is 9.82. The molecule has 0 saturated carbocycles. The maximum Gasteiger partial charge on any atom is 0.423 e. The van der Waals surface area contributed by atoms with Gasteiger partial charge < -0.3 is 24.2 Å². The quantitative estimate of drug-likeness (QED) is 0.352. The number of carbonyl (C=O) groups excluding carboxylic acids is 1. The number of aromatic nitrogens is 1. The van der Waals surface area contributed by atoms with E-state index in [0.29, 0.717) is 38.8 Å². The number of hydrogen-bond acceptors (Lipinski definition) is 8. The van der Waals surface area contributed by atoms with Crippen LogP contribution in [0.4, 0.5) is 5.69 Å². The lowest BCUT2D eigenvalue weighted by Gasteiger charge is -2.42. The second kappa shape index (κ2) is 7.75. The number of nitrogens with zero attached hydrogens (tertiary/aromatic N) is 2. The molecule has 5 rings (SSSR count). The Labute approximate surface area is 183 Å². The fourth-order valence-corrected chi connectivity index (χ4v) is 5.17. The molecule has 2 unspecified atom stereocenters. The molecule has 9 heteroatoms. The van der Waals surface area contributed by atoms with E-state index in [1.54, 1.807) is 7.05 Å². The largest absolute Gasteiger partial charge is 0.423 e. The van der Waals surface area contributed by atoms with E-state index in [2.05, 4.69) is 4.90 Å². The highest BCUT2D eigenvalue weighted by Crippen LogP contribution is 2.32. The van der Waals surface area contributed by atoms with Crippen molar-refractivity contribution in [1.29, 1.82) is 0 Å². The number of aryl methyl sites for hydroxylation is 1. The van der Waals surface area contributed by atoms with Gasteiger partial charge in [0.2, 0.25) is 5.58 Å². The number of fused-ring (bicyclic) bond motifs is 2. The van der Waals surface area contributed by atoms with Gasteiger partial charge in [-0.2, -0.15) is 0 Å². The summed E-state index contributed by atoms with van der Waals surface area (Å²) in [5.74, 6) is -0.392. The molecule has 168 valence electrons. The SMILES string of the molecule is Cn1cc2oc(=O)c(=O)oc2c1C(=O)C1CCN(C2Cc3c(N)cccc3CC2O)CC1. The van der Waals surface area contributed by atoms with Gasteiger partial charge in [-0.25, -0.2) is 9.59 Å². The van der Waals surface area contributed by atoms with Gasteiger partial charge in [0.25, 0.3) is 0 Å². The number of likely N-dealkylation sites (tertiary alicyclic amines) is 1. The number of rotatable bonds is 3. The van der Waals surface area contributed by atoms with Gasteiger partial charge in [0, 0.05) is 31.1 Å². The molecule has 0 amide bonds. The summed E-state index contributed by atoms with van der Waals surface area (Å²) in [4.78, 5) is 38.6. The molecule has 32 heavy (non-hydrogen) atoms. The Bertz CT molecular complexity index is 1310. The summed E-state index contributed by atoms with van der Waals surface area (Å²) in [5.41, 5.74) is 7.24. The van der Waals surface area contributed by atoms with Crippen molar-refractivity contribution in [3.8, 4) is 0 Å². The lowest BCUT2D eigenvalue weighted by Crippen LogP contribution is -2.51. The monoisotopic (exact) mass is 439 g/mol. The van der Waals surface area contributed by atoms with Crippen LogP contribution in [0.5, 0.6) is 0 Å². The summed E-state index contributed by atoms with van der Waals surface area (Å²) in [6.07, 6.45) is 3.49. The molecule has 2 aliphatic rings. The number of piperidine rings is 1. The number of Topliss-reactive ketones (excluding diaryl/α,β-unsaturated/α-hetero) is 1. The number of aliphatic hydroxyl groups is 1. The van der Waals surface area contributed by atoms with Gasteiger partial charge in [0.1, 0.15) is 5.69 Å². The summed E-state index contributed by atoms with van der Waals surface area (Å²) in [7, 11) is 1.66. The van der Waals surface area contributed by atoms with Crippen LogP contribution in [0, 0.1) is 5.92 Å². The molecule has 3 heterocycles. The molecule has 2 aromatic heterocycles. The fourth-order valence-electron chi connectivity index (χ4n) is 5.17. The minimum absolute atomic E-state index is 0.0133. The number of nitrogens with two attached hydrogens (primary N) is 1. The predicted molar refractivity (Wildman–Crippen MR) is 117 cm³/mol. The van der Waals surface area contributed by atoms with E-state index in [-0.39, 0.29) is 34.6 Å². The number of anilines is 1. The average molecular weight is 439 g/mol. The Balaban J connectivity index is 1.33. The van der Waals surface area contributed by atoms with Gasteiger partial charge in [-0.15, -0.1) is 0 Å². The van der Waals surface area contributed by atoms with Crippen molar-refractivity contribution in [2.24, 2.45) is 13.0 Å². The molecule has 3 N–H and O–H groups in total. The van der Waals surface area contributed by atoms with Gasteiger partial charge in [0.05, 0.1) is 12.3 Å². The first kappa shape index (κ1) is 20.7. The van der Waals surface area contributed by atoms with Crippen LogP contribution in [0.15, 0.2) is 42.8 Å². The number of hydrogen-bond donors (Lipinski definition) is 2. The number of nitrogen functional groups attached to an aromatic ring is 1. The topological polar surface area (TPSA) is 132 Å². The summed E-state index contributed by atoms with van der Waals surface area (Å²) in [6.45, 7) is 1.34. The molecular formula is C23H25N3O6. The molecule has 0 spiro atoms. The summed E-state index contributed by atoms with van der Waals surface area (Å²) < 4.78 is 11.6. The summed E-state index contributed by atoms with van der Waals surface area (Å²) in [5, 5.41) is 10.8. The highest BCUT2D eigenvalue weighted by Gasteiger charge is 2.37. The highest BCUT2D eigenvalue weighted by molar-refractivity contribution is 6.05. The predicted octanol–water partition coefficient (Wildman–Crippen LogP) is 1.09. The normalized spacial score (nSPS) is 22.2. The Morgan fingerprint density at radius 3 is 2.59 bits per heavy atom. The third-order valence-electron chi connectivity index (χ3n) is 6.87. The van der Waals surface area contributed by atoms with Crippen LogP contribution in [-0.4, -0.2) is 45.6 Å². The van der Waals surface area contributed by atoms with Crippen LogP contribution in [0.1, 0.15) is 34.5 Å². The van der Waals surface area contributed by atoms with E-state index in [4.69, 9.17) is 14.6 Å². The van der Waals surface area contributed by atoms with Gasteiger partial charge in [-0.05, 0) is 49.5 Å². The maximum atomic E-state index is 13.3. The first-order valence-corrected chi connectivity index (χ1v) is 10.8. The molecule has 1 fully saturated rings. The van der Waals surface area contributed by atoms with Gasteiger partial charge in [-0.1, -0.05) is 12.1 Å². The smallest absolute Gasteiger partial charge is 0.412 e. The molecule has 1 saturated heterocycles. The maximum absolute atomic E-state index is 13.3. The van der Waals surface area contributed by atoms with Gasteiger partial charge >= 0.3 is 11.3 Å². The second-order valence-corrected chi connectivity index (χ2v) is 8.76. The van der Waals surface area contributed by atoms with Crippen LogP contribution in [0.25, 0.3) is 11.2 Å². The van der Waals surface area contributed by atoms with Crippen molar-refractivity contribution in [1.82, 2.24) is 9.47 Å². The van der Waals surface area contributed by atoms with Crippen LogP contribution in [0.3, 0.4) is 0 Å². The van der Waals surface area contributed by atoms with Crippen molar-refractivity contribution in [2.45, 2.75) is 37.8 Å². The van der Waals surface area contributed by atoms with Crippen LogP contribution >= 0.6 is 0 Å². The Morgan fingerprint density at radius 1 is 1.12 bits per heavy atom. The molecule has 0 bridgehead atoms. The number of ketones is 1. The van der Waals surface area contributed by atoms with Crippen LogP contribution in [-0.2, 0) is 19.9 Å². The number of benzene rings is 1. The molecule has 9 nitrogen and oxygen atoms in total. The van der Waals surface area contributed by atoms with E-state index in [9.17, 15) is 19.5 Å². The van der Waals surface area contributed by atoms with Crippen LogP contribution in [0.2, 0.25) is 0 Å². The molecule has 1 aliphatic carbocycles. The first-order valence-electron chi connectivity index (χ1n) is 10.8. The minimum atomic E-state index is -1.13. The van der Waals surface area contributed by atoms with E-state index in [1.807, 2.05) is 18.2 Å². The third kappa shape index (κ3) is 3.37. The Morgan fingerprint density at radius 2 is 1.84 bits per heavy atom. The van der Waals surface area contributed by atoms with E-state index in [1.165, 1.54) is 10.8 Å². The van der Waals surface area contributed by atoms with Crippen LogP contribution < -0.4 is 17.0 Å². The molecule has 1 aromatic carbocycles. The average Bonchev–Trinajstić information content (AvgIpc) is 3.08. The minimum Gasteiger partial charge on any atom is -0.412 e. The van der Waals surface area contributed by atoms with E-state index >= 15 is 0 Å². The molecule has 2 atom stereocenters. The zero-order valence-corrected chi connectivity index (χ0v) is 17.7. The Hall–Kier alpha value is -3.17. The van der Waals surface area contributed by atoms with Crippen molar-refractivity contribution in [3.05, 3.63) is 62.1 Å². The van der Waals surface area contributed by atoms with Crippen molar-refractivity contribution < 1.29 is 18.7 Å². The molecule has 0 radical (unpaired) electrons. The first-order chi connectivity index (χ1) is 15.3. The Kier molecular flexibility index (Phi) is 5.02. The lowest BCUT2D eigenvalue weighted by molar-refractivity contribution is 0.0239. The molecule has 1 aliphatic heterocycles. The molecular weight excluding hydrogens is 414 g/mol. The summed E-state index contributed by atoms with van der Waals surface area (Å²) in [6, 6.07) is 5.79. The number of aliphatic hydroxyl groups excluding tert-OH is 1. The zero-order valence-electron chi connectivity index (χ0n) is 17.7. The van der Waals surface area contributed by atoms with E-state index in [0.717, 1.165) is 16.8 Å². The standard InChI is InChI=1S/C23H25N3O6/c1-25-11-18-21(32-23(30)22(29)31-18)19(25)20(28)12-5-7-26(8-6-12)16-10-14-13(9-17(16)27)3-2-4-15(14)24/h2-4,11-12,16-17,27H,5-10,24H2,1H3. The van der Waals surface area contributed by atoms with E-state index < -0.39 is 17.4 Å². The zero-order chi connectivity index (χ0) is 22.6.